The zero-order chi connectivity index (χ0) is 50.5. The number of aromatic nitrogens is 4. The van der Waals surface area contributed by atoms with E-state index in [1.165, 1.54) is 55.9 Å². The summed E-state index contributed by atoms with van der Waals surface area (Å²) in [6.07, 6.45) is 4.02. The first-order valence-corrected chi connectivity index (χ1v) is 25.6. The molecular formula is C66H70N4OPt. The van der Waals surface area contributed by atoms with Crippen LogP contribution in [0, 0.1) is 12.1 Å². The second-order valence-corrected chi connectivity index (χ2v) is 22.6. The van der Waals surface area contributed by atoms with Crippen LogP contribution < -0.4 is 4.74 Å². The third-order valence-electron chi connectivity index (χ3n) is 13.9. The van der Waals surface area contributed by atoms with E-state index in [0.29, 0.717) is 23.3 Å². The van der Waals surface area contributed by atoms with Crippen molar-refractivity contribution in [2.24, 2.45) is 0 Å². The molecule has 0 atom stereocenters. The van der Waals surface area contributed by atoms with Crippen molar-refractivity contribution < 1.29 is 25.8 Å². The standard InChI is InChI=1S/C66H70N4O.Pt/c1-41(2)55-23-20-24-56(42(3)4)62(55)70-60-26-19-18-25-59(60)68-64(70)50-34-52(66(12,13)14)40-54(36-50)71-53-35-49(33-51(39-53)65(9,10)11)63-67-31-32-69(63)61-57(43(5)6)37-48(38-58(61)44(7)8)47-29-27-46(28-30-47)45-21-16-15-17-22-45;/h15-34,37-44H,1-14H3;/q-2;+2. The van der Waals surface area contributed by atoms with Gasteiger partial charge in [0, 0.05) is 35.3 Å². The maximum atomic E-state index is 7.08. The van der Waals surface area contributed by atoms with Crippen molar-refractivity contribution in [1.82, 2.24) is 19.1 Å². The minimum atomic E-state index is -0.200. The van der Waals surface area contributed by atoms with Crippen molar-refractivity contribution in [3.8, 4) is 67.9 Å². The second-order valence-electron chi connectivity index (χ2n) is 22.6. The monoisotopic (exact) mass is 1130 g/mol. The first-order chi connectivity index (χ1) is 33.8. The molecule has 0 amide bonds. The number of fused-ring (bicyclic) bond motifs is 1. The molecule has 2 aromatic heterocycles. The predicted octanol–water partition coefficient (Wildman–Crippen LogP) is 18.4. The minimum Gasteiger partial charge on any atom is -0.497 e. The summed E-state index contributed by atoms with van der Waals surface area (Å²) in [4.78, 5) is 10.5. The molecule has 0 aliphatic carbocycles. The first kappa shape index (κ1) is 52.0. The molecule has 370 valence electrons. The quantitative estimate of drug-likeness (QED) is 0.115. The van der Waals surface area contributed by atoms with Crippen LogP contribution in [0.2, 0.25) is 0 Å². The molecule has 0 saturated heterocycles. The van der Waals surface area contributed by atoms with Gasteiger partial charge in [0.05, 0.1) is 22.7 Å². The van der Waals surface area contributed by atoms with Gasteiger partial charge in [-0.25, -0.2) is 0 Å². The second kappa shape index (κ2) is 20.7. The van der Waals surface area contributed by atoms with E-state index in [1.54, 1.807) is 0 Å². The maximum absolute atomic E-state index is 7.08. The summed E-state index contributed by atoms with van der Waals surface area (Å²) in [5, 5.41) is 0. The van der Waals surface area contributed by atoms with Gasteiger partial charge < -0.3 is 13.9 Å². The van der Waals surface area contributed by atoms with Crippen molar-refractivity contribution in [3.05, 3.63) is 191 Å². The molecule has 0 unspecified atom stereocenters. The molecule has 0 radical (unpaired) electrons. The summed E-state index contributed by atoms with van der Waals surface area (Å²) in [5.74, 6) is 3.96. The summed E-state index contributed by atoms with van der Waals surface area (Å²) in [6, 6.07) is 55.8. The molecular weight excluding hydrogens is 1060 g/mol. The molecule has 72 heavy (non-hydrogen) atoms. The van der Waals surface area contributed by atoms with Crippen molar-refractivity contribution in [2.75, 3.05) is 0 Å². The van der Waals surface area contributed by atoms with E-state index in [0.717, 1.165) is 44.9 Å². The van der Waals surface area contributed by atoms with Gasteiger partial charge in [-0.3, -0.25) is 9.97 Å². The van der Waals surface area contributed by atoms with E-state index in [-0.39, 0.29) is 43.7 Å². The van der Waals surface area contributed by atoms with Crippen molar-refractivity contribution in [3.63, 3.8) is 0 Å². The molecule has 0 fully saturated rings. The molecule has 2 heterocycles. The van der Waals surface area contributed by atoms with E-state index >= 15 is 0 Å². The Morgan fingerprint density at radius 2 is 0.944 bits per heavy atom. The van der Waals surface area contributed by atoms with Gasteiger partial charge in [-0.1, -0.05) is 206 Å². The van der Waals surface area contributed by atoms with E-state index in [2.05, 4.69) is 258 Å². The van der Waals surface area contributed by atoms with Crippen molar-refractivity contribution in [1.29, 1.82) is 0 Å². The van der Waals surface area contributed by atoms with E-state index in [9.17, 15) is 0 Å². The summed E-state index contributed by atoms with van der Waals surface area (Å²) in [5.41, 5.74) is 17.9. The fourth-order valence-electron chi connectivity index (χ4n) is 9.80. The molecule has 0 bridgehead atoms. The number of benzene rings is 7. The Morgan fingerprint density at radius 3 is 1.46 bits per heavy atom. The molecule has 0 spiro atoms. The fraction of sp³-hybridized carbons (Fsp3) is 0.303. The first-order valence-electron chi connectivity index (χ1n) is 25.6. The van der Waals surface area contributed by atoms with Crippen LogP contribution in [-0.2, 0) is 31.9 Å². The molecule has 7 aromatic carbocycles. The van der Waals surface area contributed by atoms with Crippen LogP contribution in [-0.4, -0.2) is 19.1 Å². The van der Waals surface area contributed by atoms with Crippen LogP contribution in [0.4, 0.5) is 0 Å². The van der Waals surface area contributed by atoms with Gasteiger partial charge in [-0.2, -0.15) is 0 Å². The Bertz CT molecular complexity index is 3300. The SMILES string of the molecule is CC(C)c1cc(-c2ccc(-c3ccccc3)cc2)cc(C(C)C)c1-n1ccnc1-c1[c-]c(Oc2[c-]c(-c3nc4ccccc4n3-c3c(C(C)C)cccc3C(C)C)cc(C(C)(C)C)c2)cc(C(C)(C)C)c1.[Pt+2]. The Morgan fingerprint density at radius 1 is 0.472 bits per heavy atom. The molecule has 9 rings (SSSR count). The average molecular weight is 1130 g/mol. The van der Waals surface area contributed by atoms with Gasteiger partial charge in [0.25, 0.3) is 0 Å². The average Bonchev–Trinajstić information content (AvgIpc) is 3.99. The molecule has 0 aliphatic rings. The van der Waals surface area contributed by atoms with E-state index < -0.39 is 0 Å². The van der Waals surface area contributed by atoms with Crippen LogP contribution in [0.1, 0.15) is 154 Å². The number of nitrogens with zero attached hydrogens (tertiary/aromatic N) is 4. The summed E-state index contributed by atoms with van der Waals surface area (Å²) < 4.78 is 11.7. The zero-order valence-electron chi connectivity index (χ0n) is 44.7. The molecule has 0 aliphatic heterocycles. The number of ether oxygens (including phenoxy) is 1. The number of rotatable bonds is 12. The molecule has 6 heteroatoms. The predicted molar refractivity (Wildman–Crippen MR) is 298 cm³/mol. The van der Waals surface area contributed by atoms with Crippen LogP contribution >= 0.6 is 0 Å². The van der Waals surface area contributed by atoms with Gasteiger partial charge in [0.1, 0.15) is 0 Å². The maximum Gasteiger partial charge on any atom is 2.00 e. The molecule has 0 N–H and O–H groups in total. The van der Waals surface area contributed by atoms with Crippen LogP contribution in [0.15, 0.2) is 146 Å². The normalized spacial score (nSPS) is 12.1. The van der Waals surface area contributed by atoms with Gasteiger partial charge in [-0.15, -0.1) is 34.4 Å². The van der Waals surface area contributed by atoms with E-state index in [1.807, 2.05) is 6.20 Å². The van der Waals surface area contributed by atoms with Gasteiger partial charge in [0.15, 0.2) is 0 Å². The van der Waals surface area contributed by atoms with Gasteiger partial charge >= 0.3 is 21.1 Å². The van der Waals surface area contributed by atoms with Gasteiger partial charge in [0.2, 0.25) is 0 Å². The summed E-state index contributed by atoms with van der Waals surface area (Å²) in [6.45, 7) is 31.7. The number of para-hydroxylation sites is 3. The van der Waals surface area contributed by atoms with E-state index in [4.69, 9.17) is 14.7 Å². The smallest absolute Gasteiger partial charge is 0.497 e. The zero-order valence-corrected chi connectivity index (χ0v) is 47.0. The molecule has 5 nitrogen and oxygen atoms in total. The third-order valence-corrected chi connectivity index (χ3v) is 13.9. The van der Waals surface area contributed by atoms with Crippen LogP contribution in [0.5, 0.6) is 11.5 Å². The largest absolute Gasteiger partial charge is 2.00 e. The van der Waals surface area contributed by atoms with Crippen molar-refractivity contribution in [2.45, 2.75) is 131 Å². The fourth-order valence-corrected chi connectivity index (χ4v) is 9.80. The molecule has 9 aromatic rings. The van der Waals surface area contributed by atoms with Crippen LogP contribution in [0.3, 0.4) is 0 Å². The number of hydrogen-bond donors (Lipinski definition) is 0. The Hall–Kier alpha value is -6.29. The number of imidazole rings is 2. The molecule has 0 saturated carbocycles. The van der Waals surface area contributed by atoms with Crippen LogP contribution in [0.25, 0.3) is 67.4 Å². The van der Waals surface area contributed by atoms with Crippen molar-refractivity contribution >= 4 is 11.0 Å². The summed E-state index contributed by atoms with van der Waals surface area (Å²) in [7, 11) is 0. The van der Waals surface area contributed by atoms with Gasteiger partial charge in [-0.05, 0) is 103 Å². The summed E-state index contributed by atoms with van der Waals surface area (Å²) >= 11 is 0. The Kier molecular flexibility index (Phi) is 14.9. The minimum absolute atomic E-state index is 0. The topological polar surface area (TPSA) is 44.9 Å². The third kappa shape index (κ3) is 10.5. The number of hydrogen-bond acceptors (Lipinski definition) is 3. The Labute approximate surface area is 444 Å². The Balaban J connectivity index is 0.00000693.